The summed E-state index contributed by atoms with van der Waals surface area (Å²) in [5.41, 5.74) is 7.90. The smallest absolute Gasteiger partial charge is 0.270 e. The maximum absolute atomic E-state index is 13.7. The fourth-order valence-corrected chi connectivity index (χ4v) is 4.67. The first kappa shape index (κ1) is 22.0. The number of para-hydroxylation sites is 1. The molecular weight excluding hydrogens is 398 g/mol. The van der Waals surface area contributed by atoms with E-state index in [9.17, 15) is 4.79 Å². The molecular formula is C27H33N3O2. The van der Waals surface area contributed by atoms with Gasteiger partial charge in [0.05, 0.1) is 7.11 Å². The molecule has 0 saturated carbocycles. The van der Waals surface area contributed by atoms with E-state index in [1.165, 1.54) is 16.8 Å². The van der Waals surface area contributed by atoms with Gasteiger partial charge in [0, 0.05) is 44.1 Å². The van der Waals surface area contributed by atoms with Crippen LogP contribution in [0.4, 0.5) is 5.69 Å². The lowest BCUT2D eigenvalue weighted by Crippen LogP contribution is -2.49. The molecule has 2 aromatic carbocycles. The van der Waals surface area contributed by atoms with Crippen molar-refractivity contribution in [2.24, 2.45) is 0 Å². The number of aryl methyl sites for hydroxylation is 1. The summed E-state index contributed by atoms with van der Waals surface area (Å²) in [6, 6.07) is 16.5. The van der Waals surface area contributed by atoms with E-state index in [1.54, 1.807) is 7.11 Å². The molecule has 32 heavy (non-hydrogen) atoms. The van der Waals surface area contributed by atoms with Crippen molar-refractivity contribution < 1.29 is 9.53 Å². The molecule has 5 heteroatoms. The monoisotopic (exact) mass is 431 g/mol. The van der Waals surface area contributed by atoms with Gasteiger partial charge in [-0.15, -0.1) is 0 Å². The third-order valence-corrected chi connectivity index (χ3v) is 6.84. The van der Waals surface area contributed by atoms with Crippen LogP contribution in [-0.2, 0) is 6.54 Å². The highest BCUT2D eigenvalue weighted by molar-refractivity contribution is 5.95. The average molecular weight is 432 g/mol. The lowest BCUT2D eigenvalue weighted by molar-refractivity contribution is 0.0735. The number of methoxy groups -OCH3 is 1. The first-order chi connectivity index (χ1) is 15.4. The molecule has 0 aliphatic carbocycles. The third-order valence-electron chi connectivity index (χ3n) is 6.84. The molecule has 4 rings (SSSR count). The molecule has 1 aromatic heterocycles. The summed E-state index contributed by atoms with van der Waals surface area (Å²) >= 11 is 0. The van der Waals surface area contributed by atoms with Crippen molar-refractivity contribution in [1.29, 1.82) is 0 Å². The van der Waals surface area contributed by atoms with Crippen molar-refractivity contribution in [3.63, 3.8) is 0 Å². The van der Waals surface area contributed by atoms with Gasteiger partial charge in [-0.25, -0.2) is 0 Å². The van der Waals surface area contributed by atoms with Gasteiger partial charge in [0.25, 0.3) is 5.91 Å². The molecule has 0 spiro atoms. The summed E-state index contributed by atoms with van der Waals surface area (Å²) in [6.45, 7) is 12.3. The summed E-state index contributed by atoms with van der Waals surface area (Å²) in [5.74, 6) is 0.965. The van der Waals surface area contributed by atoms with E-state index in [0.717, 1.165) is 54.4 Å². The minimum atomic E-state index is 0.131. The Bertz CT molecular complexity index is 1120. The maximum Gasteiger partial charge on any atom is 0.270 e. The normalized spacial score (nSPS) is 14.0. The molecule has 1 saturated heterocycles. The predicted molar refractivity (Wildman–Crippen MR) is 130 cm³/mol. The van der Waals surface area contributed by atoms with Gasteiger partial charge in [-0.05, 0) is 68.1 Å². The van der Waals surface area contributed by atoms with Crippen molar-refractivity contribution in [2.45, 2.75) is 34.2 Å². The lowest BCUT2D eigenvalue weighted by atomic mass is 10.1. The second-order valence-electron chi connectivity index (χ2n) is 8.69. The van der Waals surface area contributed by atoms with Gasteiger partial charge in [0.15, 0.2) is 0 Å². The number of carbonyl (C=O) groups excluding carboxylic acids is 1. The fraction of sp³-hybridized carbons (Fsp3) is 0.370. The summed E-state index contributed by atoms with van der Waals surface area (Å²) in [7, 11) is 1.68. The Morgan fingerprint density at radius 1 is 0.906 bits per heavy atom. The fourth-order valence-electron chi connectivity index (χ4n) is 4.67. The van der Waals surface area contributed by atoms with Crippen molar-refractivity contribution in [3.05, 3.63) is 82.2 Å². The number of piperazine rings is 1. The van der Waals surface area contributed by atoms with E-state index >= 15 is 0 Å². The van der Waals surface area contributed by atoms with E-state index in [1.807, 2.05) is 23.1 Å². The molecule has 5 nitrogen and oxygen atoms in total. The van der Waals surface area contributed by atoms with E-state index in [4.69, 9.17) is 4.74 Å². The van der Waals surface area contributed by atoms with Gasteiger partial charge in [-0.1, -0.05) is 30.3 Å². The van der Waals surface area contributed by atoms with Crippen LogP contribution >= 0.6 is 0 Å². The largest absolute Gasteiger partial charge is 0.497 e. The van der Waals surface area contributed by atoms with Crippen LogP contribution in [0.5, 0.6) is 5.75 Å². The number of carbonyl (C=O) groups is 1. The van der Waals surface area contributed by atoms with E-state index < -0.39 is 0 Å². The number of benzene rings is 2. The molecule has 3 aromatic rings. The van der Waals surface area contributed by atoms with Crippen molar-refractivity contribution in [2.75, 3.05) is 38.2 Å². The van der Waals surface area contributed by atoms with Gasteiger partial charge in [0.2, 0.25) is 0 Å². The lowest BCUT2D eigenvalue weighted by Gasteiger charge is -2.37. The Hall–Kier alpha value is -3.21. The Kier molecular flexibility index (Phi) is 6.26. The highest BCUT2D eigenvalue weighted by atomic mass is 16.5. The molecule has 0 bridgehead atoms. The van der Waals surface area contributed by atoms with Crippen LogP contribution in [-0.4, -0.2) is 48.7 Å². The van der Waals surface area contributed by atoms with Crippen LogP contribution in [0, 0.1) is 27.7 Å². The zero-order valence-electron chi connectivity index (χ0n) is 19.8. The van der Waals surface area contributed by atoms with Crippen molar-refractivity contribution in [3.8, 4) is 5.75 Å². The van der Waals surface area contributed by atoms with E-state index in [0.29, 0.717) is 6.54 Å². The Morgan fingerprint density at radius 2 is 1.62 bits per heavy atom. The SMILES string of the molecule is COc1cccc(Cn2c(C)c(C)c(C)c2C(=O)N2CCN(c3ccccc3C)CC2)c1. The third kappa shape index (κ3) is 4.12. The van der Waals surface area contributed by atoms with E-state index in [-0.39, 0.29) is 5.91 Å². The molecule has 0 unspecified atom stereocenters. The van der Waals surface area contributed by atoms with Gasteiger partial charge in [-0.3, -0.25) is 4.79 Å². The summed E-state index contributed by atoms with van der Waals surface area (Å²) in [6.07, 6.45) is 0. The summed E-state index contributed by atoms with van der Waals surface area (Å²) < 4.78 is 7.57. The Morgan fingerprint density at radius 3 is 2.31 bits per heavy atom. The van der Waals surface area contributed by atoms with Gasteiger partial charge >= 0.3 is 0 Å². The first-order valence-electron chi connectivity index (χ1n) is 11.3. The number of rotatable bonds is 5. The molecule has 1 amide bonds. The number of aromatic nitrogens is 1. The molecule has 0 atom stereocenters. The second kappa shape index (κ2) is 9.11. The highest BCUT2D eigenvalue weighted by Gasteiger charge is 2.28. The number of ether oxygens (including phenoxy) is 1. The van der Waals surface area contributed by atoms with Crippen LogP contribution in [0.25, 0.3) is 0 Å². The Labute approximate surface area is 191 Å². The number of hydrogen-bond acceptors (Lipinski definition) is 3. The minimum absolute atomic E-state index is 0.131. The maximum atomic E-state index is 13.7. The van der Waals surface area contributed by atoms with Gasteiger partial charge in [-0.2, -0.15) is 0 Å². The first-order valence-corrected chi connectivity index (χ1v) is 11.3. The average Bonchev–Trinajstić information content (AvgIpc) is 3.02. The predicted octanol–water partition coefficient (Wildman–Crippen LogP) is 4.74. The van der Waals surface area contributed by atoms with Crippen LogP contribution < -0.4 is 9.64 Å². The van der Waals surface area contributed by atoms with Gasteiger partial charge < -0.3 is 19.1 Å². The highest BCUT2D eigenvalue weighted by Crippen LogP contribution is 2.26. The van der Waals surface area contributed by atoms with Crippen LogP contribution in [0.15, 0.2) is 48.5 Å². The molecule has 2 heterocycles. The molecule has 1 fully saturated rings. The molecule has 0 radical (unpaired) electrons. The molecule has 1 aliphatic rings. The standard InChI is InChI=1S/C27H33N3O2/c1-19-9-6-7-12-25(19)28-13-15-29(16-14-28)27(31)26-21(3)20(2)22(4)30(26)18-23-10-8-11-24(17-23)32-5/h6-12,17H,13-16,18H2,1-5H3. The van der Waals surface area contributed by atoms with E-state index in [2.05, 4.69) is 67.5 Å². The van der Waals surface area contributed by atoms with Crippen LogP contribution in [0.1, 0.15) is 38.4 Å². The number of anilines is 1. The van der Waals surface area contributed by atoms with Crippen molar-refractivity contribution >= 4 is 11.6 Å². The number of hydrogen-bond donors (Lipinski definition) is 0. The van der Waals surface area contributed by atoms with Crippen LogP contribution in [0.3, 0.4) is 0 Å². The second-order valence-corrected chi connectivity index (χ2v) is 8.69. The number of nitrogens with zero attached hydrogens (tertiary/aromatic N) is 3. The zero-order valence-corrected chi connectivity index (χ0v) is 19.8. The van der Waals surface area contributed by atoms with Crippen molar-refractivity contribution in [1.82, 2.24) is 9.47 Å². The molecule has 1 aliphatic heterocycles. The number of amides is 1. The Balaban J connectivity index is 1.56. The summed E-state index contributed by atoms with van der Waals surface area (Å²) in [5, 5.41) is 0. The quantitative estimate of drug-likeness (QED) is 0.586. The molecule has 0 N–H and O–H groups in total. The topological polar surface area (TPSA) is 37.7 Å². The minimum Gasteiger partial charge on any atom is -0.497 e. The van der Waals surface area contributed by atoms with Crippen LogP contribution in [0.2, 0.25) is 0 Å². The zero-order chi connectivity index (χ0) is 22.8. The molecule has 168 valence electrons. The summed E-state index contributed by atoms with van der Waals surface area (Å²) in [4.78, 5) is 18.1. The van der Waals surface area contributed by atoms with Gasteiger partial charge in [0.1, 0.15) is 11.4 Å².